The minimum absolute atomic E-state index is 0.130. The molecule has 0 aliphatic heterocycles. The van der Waals surface area contributed by atoms with Gasteiger partial charge in [-0.25, -0.2) is 9.97 Å². The van der Waals surface area contributed by atoms with Crippen molar-refractivity contribution in [3.05, 3.63) is 54.1 Å². The molecule has 24 heavy (non-hydrogen) atoms. The van der Waals surface area contributed by atoms with Crippen LogP contribution in [-0.4, -0.2) is 25.6 Å². The van der Waals surface area contributed by atoms with E-state index >= 15 is 0 Å². The van der Waals surface area contributed by atoms with Crippen LogP contribution in [0.25, 0.3) is 22.1 Å². The Kier molecular flexibility index (Phi) is 3.45. The lowest BCUT2D eigenvalue weighted by atomic mass is 10.1. The molecular weight excluding hydrogens is 306 g/mol. The van der Waals surface area contributed by atoms with Crippen LogP contribution in [0, 0.1) is 0 Å². The van der Waals surface area contributed by atoms with Crippen LogP contribution in [0.2, 0.25) is 0 Å². The molecule has 120 valence electrons. The van der Waals surface area contributed by atoms with Gasteiger partial charge in [0.2, 0.25) is 5.91 Å². The molecule has 0 aliphatic rings. The third kappa shape index (κ3) is 2.50. The second-order valence-electron chi connectivity index (χ2n) is 5.51. The zero-order valence-electron chi connectivity index (χ0n) is 13.1. The first kappa shape index (κ1) is 14.4. The second-order valence-corrected chi connectivity index (χ2v) is 5.51. The van der Waals surface area contributed by atoms with Gasteiger partial charge in [0.05, 0.1) is 13.0 Å². The van der Waals surface area contributed by atoms with Crippen LogP contribution < -0.4 is 5.32 Å². The monoisotopic (exact) mass is 321 g/mol. The van der Waals surface area contributed by atoms with Gasteiger partial charge in [0.15, 0.2) is 11.2 Å². The summed E-state index contributed by atoms with van der Waals surface area (Å²) in [4.78, 5) is 21.0. The number of carbonyl (C=O) groups excluding carboxylic acids is 1. The summed E-state index contributed by atoms with van der Waals surface area (Å²) in [5.74, 6) is 0.621. The SMILES string of the molecule is Cn1c(CNC(=O)Cc2noc3ccccc23)nc2cccnc21. The molecule has 1 aromatic carbocycles. The summed E-state index contributed by atoms with van der Waals surface area (Å²) >= 11 is 0. The summed E-state index contributed by atoms with van der Waals surface area (Å²) in [7, 11) is 1.88. The number of para-hydroxylation sites is 1. The van der Waals surface area contributed by atoms with Crippen molar-refractivity contribution in [3.63, 3.8) is 0 Å². The molecule has 3 aromatic heterocycles. The van der Waals surface area contributed by atoms with Crippen molar-refractivity contribution in [1.29, 1.82) is 0 Å². The van der Waals surface area contributed by atoms with Gasteiger partial charge in [-0.3, -0.25) is 4.79 Å². The zero-order valence-corrected chi connectivity index (χ0v) is 13.1. The lowest BCUT2D eigenvalue weighted by Crippen LogP contribution is -2.26. The molecule has 0 bridgehead atoms. The highest BCUT2D eigenvalue weighted by atomic mass is 16.5. The smallest absolute Gasteiger partial charge is 0.226 e. The lowest BCUT2D eigenvalue weighted by Gasteiger charge is -2.04. The number of carbonyl (C=O) groups is 1. The first-order valence-electron chi connectivity index (χ1n) is 7.58. The maximum absolute atomic E-state index is 12.2. The van der Waals surface area contributed by atoms with Crippen molar-refractivity contribution in [1.82, 2.24) is 25.0 Å². The van der Waals surface area contributed by atoms with Crippen LogP contribution in [0.5, 0.6) is 0 Å². The van der Waals surface area contributed by atoms with E-state index in [2.05, 4.69) is 20.4 Å². The first-order valence-corrected chi connectivity index (χ1v) is 7.58. The molecule has 0 aliphatic carbocycles. The van der Waals surface area contributed by atoms with E-state index in [9.17, 15) is 4.79 Å². The number of hydrogen-bond acceptors (Lipinski definition) is 5. The van der Waals surface area contributed by atoms with Gasteiger partial charge >= 0.3 is 0 Å². The van der Waals surface area contributed by atoms with E-state index in [0.29, 0.717) is 17.8 Å². The molecule has 0 spiro atoms. The Balaban J connectivity index is 1.47. The lowest BCUT2D eigenvalue weighted by molar-refractivity contribution is -0.120. The number of pyridine rings is 1. The van der Waals surface area contributed by atoms with Crippen molar-refractivity contribution in [3.8, 4) is 0 Å². The molecule has 7 heteroatoms. The maximum atomic E-state index is 12.2. The van der Waals surface area contributed by atoms with Crippen LogP contribution in [0.3, 0.4) is 0 Å². The predicted molar refractivity (Wildman–Crippen MR) is 88.1 cm³/mol. The first-order chi connectivity index (χ1) is 11.7. The number of rotatable bonds is 4. The summed E-state index contributed by atoms with van der Waals surface area (Å²) < 4.78 is 7.09. The number of amides is 1. The van der Waals surface area contributed by atoms with E-state index in [0.717, 1.165) is 22.4 Å². The van der Waals surface area contributed by atoms with Crippen molar-refractivity contribution in [2.45, 2.75) is 13.0 Å². The van der Waals surface area contributed by atoms with E-state index in [1.807, 2.05) is 48.0 Å². The number of nitrogens with zero attached hydrogens (tertiary/aromatic N) is 4. The normalized spacial score (nSPS) is 11.2. The highest BCUT2D eigenvalue weighted by Crippen LogP contribution is 2.18. The fourth-order valence-electron chi connectivity index (χ4n) is 2.69. The minimum atomic E-state index is -0.130. The molecule has 0 saturated heterocycles. The van der Waals surface area contributed by atoms with E-state index < -0.39 is 0 Å². The molecule has 4 rings (SSSR count). The van der Waals surface area contributed by atoms with Gasteiger partial charge in [0, 0.05) is 18.6 Å². The Hall–Kier alpha value is -3.22. The number of nitrogens with one attached hydrogen (secondary N) is 1. The molecule has 0 radical (unpaired) electrons. The molecule has 1 N–H and O–H groups in total. The van der Waals surface area contributed by atoms with Crippen LogP contribution in [-0.2, 0) is 24.8 Å². The van der Waals surface area contributed by atoms with Gasteiger partial charge in [0.1, 0.15) is 17.0 Å². The Morgan fingerprint density at radius 1 is 1.25 bits per heavy atom. The maximum Gasteiger partial charge on any atom is 0.226 e. The topological polar surface area (TPSA) is 85.8 Å². The average molecular weight is 321 g/mol. The summed E-state index contributed by atoms with van der Waals surface area (Å²) in [6.45, 7) is 0.335. The van der Waals surface area contributed by atoms with Crippen LogP contribution >= 0.6 is 0 Å². The molecule has 1 amide bonds. The molecular formula is C17H15N5O2. The number of imidazole rings is 1. The molecule has 3 heterocycles. The van der Waals surface area contributed by atoms with Crippen molar-refractivity contribution >= 4 is 28.0 Å². The van der Waals surface area contributed by atoms with E-state index in [1.54, 1.807) is 6.20 Å². The summed E-state index contributed by atoms with van der Waals surface area (Å²) in [5.41, 5.74) is 2.92. The highest BCUT2D eigenvalue weighted by molar-refractivity contribution is 5.86. The molecule has 7 nitrogen and oxygen atoms in total. The van der Waals surface area contributed by atoms with Gasteiger partial charge in [-0.15, -0.1) is 0 Å². The summed E-state index contributed by atoms with van der Waals surface area (Å²) in [5, 5.41) is 7.71. The van der Waals surface area contributed by atoms with Gasteiger partial charge in [-0.2, -0.15) is 0 Å². The van der Waals surface area contributed by atoms with E-state index in [4.69, 9.17) is 4.52 Å². The number of hydrogen-bond donors (Lipinski definition) is 1. The zero-order chi connectivity index (χ0) is 16.5. The van der Waals surface area contributed by atoms with Gasteiger partial charge < -0.3 is 14.4 Å². The number of benzene rings is 1. The third-order valence-electron chi connectivity index (χ3n) is 3.94. The van der Waals surface area contributed by atoms with E-state index in [1.165, 1.54) is 0 Å². The van der Waals surface area contributed by atoms with Crippen LogP contribution in [0.4, 0.5) is 0 Å². The fourth-order valence-corrected chi connectivity index (χ4v) is 2.69. The number of fused-ring (bicyclic) bond motifs is 2. The third-order valence-corrected chi connectivity index (χ3v) is 3.94. The number of aryl methyl sites for hydroxylation is 1. The Morgan fingerprint density at radius 3 is 3.00 bits per heavy atom. The standard InChI is InChI=1S/C17H15N5O2/c1-22-15(20-12-6-4-8-18-17(12)22)10-19-16(23)9-13-11-5-2-3-7-14(11)24-21-13/h2-8H,9-10H2,1H3,(H,19,23). The Labute approximate surface area is 137 Å². The fraction of sp³-hybridized carbons (Fsp3) is 0.176. The minimum Gasteiger partial charge on any atom is -0.356 e. The van der Waals surface area contributed by atoms with Gasteiger partial charge in [0.25, 0.3) is 0 Å². The highest BCUT2D eigenvalue weighted by Gasteiger charge is 2.13. The van der Waals surface area contributed by atoms with Crippen LogP contribution in [0.1, 0.15) is 11.5 Å². The summed E-state index contributed by atoms with van der Waals surface area (Å²) in [6.07, 6.45) is 1.89. The number of aromatic nitrogens is 4. The Bertz CT molecular complexity index is 1030. The van der Waals surface area contributed by atoms with Crippen LogP contribution in [0.15, 0.2) is 47.1 Å². The second kappa shape index (κ2) is 5.77. The predicted octanol–water partition coefficient (Wildman–Crippen LogP) is 1.97. The van der Waals surface area contributed by atoms with Crippen molar-refractivity contribution in [2.24, 2.45) is 7.05 Å². The molecule has 0 fully saturated rings. The molecule has 4 aromatic rings. The Morgan fingerprint density at radius 2 is 2.12 bits per heavy atom. The molecule has 0 saturated carbocycles. The van der Waals surface area contributed by atoms with Gasteiger partial charge in [-0.1, -0.05) is 17.3 Å². The molecule has 0 unspecified atom stereocenters. The molecule has 0 atom stereocenters. The average Bonchev–Trinajstić information content (AvgIpc) is 3.15. The van der Waals surface area contributed by atoms with Gasteiger partial charge in [-0.05, 0) is 24.3 Å². The quantitative estimate of drug-likeness (QED) is 0.621. The summed E-state index contributed by atoms with van der Waals surface area (Å²) in [6, 6.07) is 11.2. The largest absolute Gasteiger partial charge is 0.356 e. The van der Waals surface area contributed by atoms with Crippen molar-refractivity contribution < 1.29 is 9.32 Å². The van der Waals surface area contributed by atoms with E-state index in [-0.39, 0.29) is 12.3 Å². The van der Waals surface area contributed by atoms with Crippen molar-refractivity contribution in [2.75, 3.05) is 0 Å².